The van der Waals surface area contributed by atoms with Crippen LogP contribution >= 0.6 is 24.0 Å². The smallest absolute Gasteiger partial charge is 0.251 e. The molecular formula is C19H32IN5O2. The van der Waals surface area contributed by atoms with Crippen LogP contribution in [0.1, 0.15) is 43.6 Å². The van der Waals surface area contributed by atoms with Crippen LogP contribution in [0.3, 0.4) is 0 Å². The van der Waals surface area contributed by atoms with Crippen molar-refractivity contribution in [2.45, 2.75) is 39.8 Å². The topological polar surface area (TPSA) is 85.8 Å². The molecule has 0 saturated carbocycles. The summed E-state index contributed by atoms with van der Waals surface area (Å²) >= 11 is 0. The Bertz CT molecular complexity index is 654. The molecule has 0 aliphatic carbocycles. The quantitative estimate of drug-likeness (QED) is 0.324. The summed E-state index contributed by atoms with van der Waals surface area (Å²) in [5.41, 5.74) is 1.24. The van der Waals surface area contributed by atoms with Gasteiger partial charge in [-0.3, -0.25) is 9.59 Å². The summed E-state index contributed by atoms with van der Waals surface area (Å²) in [4.78, 5) is 30.0. The van der Waals surface area contributed by atoms with Gasteiger partial charge in [-0.15, -0.1) is 24.0 Å². The van der Waals surface area contributed by atoms with E-state index in [4.69, 9.17) is 0 Å². The number of nitrogens with zero attached hydrogens (tertiary/aromatic N) is 2. The lowest BCUT2D eigenvalue weighted by molar-refractivity contribution is -0.127. The summed E-state index contributed by atoms with van der Waals surface area (Å²) in [7, 11) is 3.42. The molecule has 3 N–H and O–H groups in total. The number of benzene rings is 1. The number of amides is 2. The van der Waals surface area contributed by atoms with E-state index in [0.717, 1.165) is 5.56 Å². The molecule has 7 nitrogen and oxygen atoms in total. The first-order chi connectivity index (χ1) is 12.1. The molecule has 0 atom stereocenters. The van der Waals surface area contributed by atoms with Gasteiger partial charge in [-0.05, 0) is 45.4 Å². The maximum Gasteiger partial charge on any atom is 0.251 e. The molecule has 0 fully saturated rings. The van der Waals surface area contributed by atoms with Crippen LogP contribution in [-0.4, -0.2) is 55.4 Å². The summed E-state index contributed by atoms with van der Waals surface area (Å²) < 4.78 is 0. The van der Waals surface area contributed by atoms with Crippen molar-refractivity contribution in [1.29, 1.82) is 0 Å². The highest BCUT2D eigenvalue weighted by molar-refractivity contribution is 14.0. The van der Waals surface area contributed by atoms with Gasteiger partial charge in [0.25, 0.3) is 5.91 Å². The highest BCUT2D eigenvalue weighted by atomic mass is 127. The van der Waals surface area contributed by atoms with E-state index in [0.29, 0.717) is 24.6 Å². The van der Waals surface area contributed by atoms with Crippen LogP contribution in [0, 0.1) is 0 Å². The van der Waals surface area contributed by atoms with E-state index in [1.165, 1.54) is 4.90 Å². The van der Waals surface area contributed by atoms with Crippen molar-refractivity contribution < 1.29 is 9.59 Å². The molecule has 0 unspecified atom stereocenters. The van der Waals surface area contributed by atoms with Gasteiger partial charge in [0.05, 0.1) is 13.1 Å². The molecule has 0 aliphatic heterocycles. The summed E-state index contributed by atoms with van der Waals surface area (Å²) in [6.07, 6.45) is 0. The Labute approximate surface area is 179 Å². The largest absolute Gasteiger partial charge is 0.357 e. The number of hydrogen-bond donors (Lipinski definition) is 3. The number of aliphatic imine (C=N–C) groups is 1. The van der Waals surface area contributed by atoms with Gasteiger partial charge in [0.1, 0.15) is 0 Å². The molecule has 1 rings (SSSR count). The molecular weight excluding hydrogens is 457 g/mol. The molecule has 1 aromatic carbocycles. The Hall–Kier alpha value is -1.84. The van der Waals surface area contributed by atoms with Gasteiger partial charge < -0.3 is 20.9 Å². The normalized spacial score (nSPS) is 11.3. The predicted octanol–water partition coefficient (Wildman–Crippen LogP) is 1.98. The van der Waals surface area contributed by atoms with Crippen LogP contribution in [0.2, 0.25) is 0 Å². The maximum absolute atomic E-state index is 12.3. The number of carbonyl (C=O) groups excluding carboxylic acids is 2. The molecule has 0 aliphatic rings. The van der Waals surface area contributed by atoms with Crippen LogP contribution in [0.25, 0.3) is 0 Å². The van der Waals surface area contributed by atoms with Crippen molar-refractivity contribution in [3.8, 4) is 0 Å². The highest BCUT2D eigenvalue weighted by Crippen LogP contribution is 2.09. The Balaban J connectivity index is 0.00000676. The van der Waals surface area contributed by atoms with E-state index in [1.807, 2.05) is 45.9 Å². The van der Waals surface area contributed by atoms with Crippen LogP contribution in [0.4, 0.5) is 0 Å². The number of halogens is 1. The Morgan fingerprint density at radius 1 is 1.15 bits per heavy atom. The van der Waals surface area contributed by atoms with Crippen LogP contribution in [0.5, 0.6) is 0 Å². The molecule has 8 heteroatoms. The zero-order chi connectivity index (χ0) is 19.7. The molecule has 2 amide bonds. The SMILES string of the molecule is CCNC(=NCc1cccc(C(=O)NC(C)(C)C)c1)NCC(=O)N(C)C.I. The molecule has 27 heavy (non-hydrogen) atoms. The molecule has 152 valence electrons. The molecule has 1 aromatic rings. The monoisotopic (exact) mass is 489 g/mol. The fourth-order valence-corrected chi connectivity index (χ4v) is 2.05. The minimum absolute atomic E-state index is 0. The molecule has 0 radical (unpaired) electrons. The van der Waals surface area contributed by atoms with Gasteiger partial charge in [-0.25, -0.2) is 4.99 Å². The first-order valence-corrected chi connectivity index (χ1v) is 8.76. The van der Waals surface area contributed by atoms with Gasteiger partial charge in [-0.2, -0.15) is 0 Å². The molecule has 0 heterocycles. The Kier molecular flexibility index (Phi) is 11.0. The predicted molar refractivity (Wildman–Crippen MR) is 121 cm³/mol. The fraction of sp³-hybridized carbons (Fsp3) is 0.526. The fourth-order valence-electron chi connectivity index (χ4n) is 2.05. The van der Waals surface area contributed by atoms with Crippen molar-refractivity contribution in [2.75, 3.05) is 27.2 Å². The summed E-state index contributed by atoms with van der Waals surface area (Å²) in [6, 6.07) is 7.39. The minimum Gasteiger partial charge on any atom is -0.357 e. The molecule has 0 saturated heterocycles. The van der Waals surface area contributed by atoms with Crippen molar-refractivity contribution in [3.63, 3.8) is 0 Å². The zero-order valence-corrected chi connectivity index (χ0v) is 19.4. The van der Waals surface area contributed by atoms with Crippen LogP contribution in [0.15, 0.2) is 29.3 Å². The number of guanidine groups is 1. The minimum atomic E-state index is -0.285. The number of hydrogen-bond acceptors (Lipinski definition) is 3. The van der Waals surface area contributed by atoms with Gasteiger partial charge >= 0.3 is 0 Å². The molecule has 0 aromatic heterocycles. The van der Waals surface area contributed by atoms with Gasteiger partial charge in [0, 0.05) is 31.7 Å². The maximum atomic E-state index is 12.3. The van der Waals surface area contributed by atoms with E-state index < -0.39 is 0 Å². The van der Waals surface area contributed by atoms with E-state index >= 15 is 0 Å². The highest BCUT2D eigenvalue weighted by Gasteiger charge is 2.15. The number of likely N-dealkylation sites (N-methyl/N-ethyl adjacent to an activating group) is 1. The third kappa shape index (κ3) is 10.2. The Morgan fingerprint density at radius 3 is 2.37 bits per heavy atom. The van der Waals surface area contributed by atoms with Crippen molar-refractivity contribution in [3.05, 3.63) is 35.4 Å². The first-order valence-electron chi connectivity index (χ1n) is 8.76. The zero-order valence-electron chi connectivity index (χ0n) is 17.0. The second-order valence-electron chi connectivity index (χ2n) is 7.24. The number of rotatable bonds is 6. The van der Waals surface area contributed by atoms with E-state index in [-0.39, 0.29) is 47.9 Å². The number of carbonyl (C=O) groups is 2. The lowest BCUT2D eigenvalue weighted by Gasteiger charge is -2.20. The molecule has 0 spiro atoms. The van der Waals surface area contributed by atoms with E-state index in [9.17, 15) is 9.59 Å². The van der Waals surface area contributed by atoms with Crippen molar-refractivity contribution in [1.82, 2.24) is 20.9 Å². The molecule has 0 bridgehead atoms. The Morgan fingerprint density at radius 2 is 1.81 bits per heavy atom. The number of nitrogens with one attached hydrogen (secondary N) is 3. The van der Waals surface area contributed by atoms with Crippen molar-refractivity contribution in [2.24, 2.45) is 4.99 Å². The average molecular weight is 489 g/mol. The average Bonchev–Trinajstić information content (AvgIpc) is 2.55. The third-order valence-corrected chi connectivity index (χ3v) is 3.35. The van der Waals surface area contributed by atoms with Crippen LogP contribution < -0.4 is 16.0 Å². The lowest BCUT2D eigenvalue weighted by Crippen LogP contribution is -2.42. The summed E-state index contributed by atoms with van der Waals surface area (Å²) in [5, 5.41) is 9.06. The second kappa shape index (κ2) is 11.8. The summed E-state index contributed by atoms with van der Waals surface area (Å²) in [5.74, 6) is 0.425. The summed E-state index contributed by atoms with van der Waals surface area (Å²) in [6.45, 7) is 9.07. The second-order valence-corrected chi connectivity index (χ2v) is 7.24. The first kappa shape index (κ1) is 25.2. The standard InChI is InChI=1S/C19H31N5O2.HI/c1-7-20-18(22-13-16(25)24(5)6)21-12-14-9-8-10-15(11-14)17(26)23-19(2,3)4;/h8-11H,7,12-13H2,1-6H3,(H,23,26)(H2,20,21,22);1H. The van der Waals surface area contributed by atoms with Gasteiger partial charge in [0.15, 0.2) is 5.96 Å². The van der Waals surface area contributed by atoms with E-state index in [1.54, 1.807) is 20.2 Å². The van der Waals surface area contributed by atoms with E-state index in [2.05, 4.69) is 20.9 Å². The van der Waals surface area contributed by atoms with Gasteiger partial charge in [-0.1, -0.05) is 12.1 Å². The lowest BCUT2D eigenvalue weighted by atomic mass is 10.1. The van der Waals surface area contributed by atoms with Crippen LogP contribution in [-0.2, 0) is 11.3 Å². The third-order valence-electron chi connectivity index (χ3n) is 3.35. The van der Waals surface area contributed by atoms with Gasteiger partial charge in [0.2, 0.25) is 5.91 Å². The van der Waals surface area contributed by atoms with Crippen molar-refractivity contribution >= 4 is 41.8 Å².